The molecule has 0 radical (unpaired) electrons. The minimum atomic E-state index is 0.905. The van der Waals surface area contributed by atoms with E-state index in [1.165, 1.54) is 19.3 Å². The van der Waals surface area contributed by atoms with Crippen LogP contribution in [-0.4, -0.2) is 6.04 Å². The Bertz CT molecular complexity index is 181. The quantitative estimate of drug-likeness (QED) is 0.487. The fourth-order valence-corrected chi connectivity index (χ4v) is 1.93. The first kappa shape index (κ1) is 3.54. The molecule has 1 saturated carbocycles. The van der Waals surface area contributed by atoms with Crippen LogP contribution < -0.4 is 5.32 Å². The molecule has 42 valence electrons. The van der Waals surface area contributed by atoms with Crippen LogP contribution in [-0.2, 0) is 0 Å². The molecule has 2 aliphatic carbocycles. The van der Waals surface area contributed by atoms with Crippen molar-refractivity contribution >= 4 is 0 Å². The number of allylic oxidation sites excluding steroid dienone is 1. The van der Waals surface area contributed by atoms with Gasteiger partial charge in [0.1, 0.15) is 0 Å². The maximum atomic E-state index is 3.51. The molecule has 3 rings (SSSR count). The van der Waals surface area contributed by atoms with Crippen molar-refractivity contribution in [2.24, 2.45) is 5.92 Å². The largest absolute Gasteiger partial charge is 0.385 e. The molecular formula is C7H9N. The molecule has 1 aliphatic heterocycles. The number of rotatable bonds is 0. The zero-order valence-corrected chi connectivity index (χ0v) is 4.78. The minimum absolute atomic E-state index is 0.905. The van der Waals surface area contributed by atoms with Gasteiger partial charge < -0.3 is 5.32 Å². The lowest BCUT2D eigenvalue weighted by Gasteiger charge is -2.18. The Balaban J connectivity index is 2.11. The van der Waals surface area contributed by atoms with Crippen LogP contribution in [0.25, 0.3) is 0 Å². The molecule has 0 bridgehead atoms. The van der Waals surface area contributed by atoms with Gasteiger partial charge in [-0.1, -0.05) is 0 Å². The number of fused-ring (bicyclic) bond motifs is 2. The zero-order chi connectivity index (χ0) is 5.14. The van der Waals surface area contributed by atoms with E-state index in [1.807, 2.05) is 0 Å². The lowest BCUT2D eigenvalue weighted by Crippen LogP contribution is -2.15. The summed E-state index contributed by atoms with van der Waals surface area (Å²) in [4.78, 5) is 0. The van der Waals surface area contributed by atoms with E-state index in [4.69, 9.17) is 0 Å². The highest BCUT2D eigenvalue weighted by Gasteiger charge is 2.49. The van der Waals surface area contributed by atoms with Crippen LogP contribution in [0.5, 0.6) is 0 Å². The van der Waals surface area contributed by atoms with Gasteiger partial charge in [-0.2, -0.15) is 0 Å². The van der Waals surface area contributed by atoms with E-state index in [0.29, 0.717) is 0 Å². The molecule has 0 saturated heterocycles. The summed E-state index contributed by atoms with van der Waals surface area (Å²) in [6.07, 6.45) is 4.20. The second-order valence-electron chi connectivity index (χ2n) is 3.10. The van der Waals surface area contributed by atoms with Crippen molar-refractivity contribution in [3.63, 3.8) is 0 Å². The van der Waals surface area contributed by atoms with Crippen molar-refractivity contribution in [1.82, 2.24) is 5.32 Å². The van der Waals surface area contributed by atoms with E-state index in [2.05, 4.69) is 5.32 Å². The molecule has 1 heterocycles. The van der Waals surface area contributed by atoms with Crippen LogP contribution >= 0.6 is 0 Å². The summed E-state index contributed by atoms with van der Waals surface area (Å²) < 4.78 is 0. The topological polar surface area (TPSA) is 12.0 Å². The monoisotopic (exact) mass is 107 g/mol. The summed E-state index contributed by atoms with van der Waals surface area (Å²) in [5.74, 6) is 1.01. The van der Waals surface area contributed by atoms with Gasteiger partial charge in [-0.3, -0.25) is 0 Å². The van der Waals surface area contributed by atoms with Gasteiger partial charge in [0, 0.05) is 17.7 Å². The van der Waals surface area contributed by atoms with Crippen molar-refractivity contribution in [1.29, 1.82) is 0 Å². The van der Waals surface area contributed by atoms with Crippen LogP contribution in [0.3, 0.4) is 0 Å². The Kier molecular flexibility index (Phi) is 0.368. The highest BCUT2D eigenvalue weighted by Crippen LogP contribution is 2.51. The Morgan fingerprint density at radius 3 is 2.75 bits per heavy atom. The summed E-state index contributed by atoms with van der Waals surface area (Å²) >= 11 is 0. The van der Waals surface area contributed by atoms with Crippen molar-refractivity contribution in [2.45, 2.75) is 25.3 Å². The van der Waals surface area contributed by atoms with Gasteiger partial charge in [-0.15, -0.1) is 0 Å². The van der Waals surface area contributed by atoms with E-state index in [9.17, 15) is 0 Å². The van der Waals surface area contributed by atoms with Crippen LogP contribution in [0.1, 0.15) is 19.3 Å². The molecule has 1 nitrogen and oxygen atoms in total. The summed E-state index contributed by atoms with van der Waals surface area (Å²) in [6, 6.07) is 0.905. The first-order valence-electron chi connectivity index (χ1n) is 3.43. The van der Waals surface area contributed by atoms with Crippen LogP contribution in [0, 0.1) is 5.92 Å². The molecule has 2 atom stereocenters. The number of hydrogen-bond acceptors (Lipinski definition) is 1. The molecule has 1 N–H and O–H groups in total. The van der Waals surface area contributed by atoms with Gasteiger partial charge in [0.2, 0.25) is 0 Å². The van der Waals surface area contributed by atoms with E-state index in [0.717, 1.165) is 12.0 Å². The smallest absolute Gasteiger partial charge is 0.0331 e. The average molecular weight is 107 g/mol. The predicted molar refractivity (Wildman–Crippen MR) is 31.3 cm³/mol. The number of nitrogens with one attached hydrogen (secondary N) is 1. The summed E-state index contributed by atoms with van der Waals surface area (Å²) in [5, 5.41) is 3.51. The third kappa shape index (κ3) is 0.225. The first-order valence-corrected chi connectivity index (χ1v) is 3.43. The second-order valence-corrected chi connectivity index (χ2v) is 3.10. The van der Waals surface area contributed by atoms with E-state index >= 15 is 0 Å². The van der Waals surface area contributed by atoms with Crippen molar-refractivity contribution in [3.05, 3.63) is 11.3 Å². The van der Waals surface area contributed by atoms with Crippen LogP contribution in [0.2, 0.25) is 0 Å². The third-order valence-electron chi connectivity index (χ3n) is 2.63. The van der Waals surface area contributed by atoms with Gasteiger partial charge in [0.15, 0.2) is 0 Å². The Hall–Kier alpha value is -0.460. The maximum Gasteiger partial charge on any atom is 0.0331 e. The lowest BCUT2D eigenvalue weighted by molar-refractivity contribution is 0.703. The third-order valence-corrected chi connectivity index (χ3v) is 2.63. The summed E-state index contributed by atoms with van der Waals surface area (Å²) in [7, 11) is 0. The van der Waals surface area contributed by atoms with Crippen molar-refractivity contribution < 1.29 is 0 Å². The van der Waals surface area contributed by atoms with Crippen molar-refractivity contribution in [2.75, 3.05) is 0 Å². The second kappa shape index (κ2) is 0.831. The van der Waals surface area contributed by atoms with Crippen LogP contribution in [0.15, 0.2) is 11.3 Å². The Labute approximate surface area is 48.8 Å². The highest BCUT2D eigenvalue weighted by atomic mass is 15.0. The van der Waals surface area contributed by atoms with Gasteiger partial charge in [0.05, 0.1) is 0 Å². The lowest BCUT2D eigenvalue weighted by atomic mass is 9.93. The zero-order valence-electron chi connectivity index (χ0n) is 4.78. The Morgan fingerprint density at radius 2 is 2.38 bits per heavy atom. The van der Waals surface area contributed by atoms with Gasteiger partial charge in [-0.05, 0) is 24.8 Å². The molecule has 0 aromatic rings. The fraction of sp³-hybridized carbons (Fsp3) is 0.714. The number of hydrogen-bond donors (Lipinski definition) is 1. The molecule has 0 spiro atoms. The van der Waals surface area contributed by atoms with E-state index in [-0.39, 0.29) is 0 Å². The summed E-state index contributed by atoms with van der Waals surface area (Å²) in [5.41, 5.74) is 3.38. The first-order chi connectivity index (χ1) is 3.95. The fourth-order valence-electron chi connectivity index (χ4n) is 1.93. The molecule has 0 aromatic carbocycles. The molecule has 3 aliphatic rings. The Morgan fingerprint density at radius 1 is 1.38 bits per heavy atom. The molecule has 1 fully saturated rings. The van der Waals surface area contributed by atoms with Gasteiger partial charge in [-0.25, -0.2) is 0 Å². The average Bonchev–Trinajstić information content (AvgIpc) is 2.34. The summed E-state index contributed by atoms with van der Waals surface area (Å²) in [6.45, 7) is 0. The van der Waals surface area contributed by atoms with Crippen LogP contribution in [0.4, 0.5) is 0 Å². The molecule has 8 heavy (non-hydrogen) atoms. The highest BCUT2D eigenvalue weighted by molar-refractivity contribution is 5.38. The molecule has 0 amide bonds. The molecule has 1 heteroatoms. The van der Waals surface area contributed by atoms with Crippen molar-refractivity contribution in [3.8, 4) is 0 Å². The minimum Gasteiger partial charge on any atom is -0.385 e. The van der Waals surface area contributed by atoms with E-state index in [1.54, 1.807) is 11.3 Å². The SMILES string of the molecule is C1CC2=C1NC1CC21. The molecule has 0 aromatic heterocycles. The molecule has 2 unspecified atom stereocenters. The normalized spacial score (nSPS) is 47.0. The molecular weight excluding hydrogens is 98.1 g/mol. The predicted octanol–water partition coefficient (Wildman–Crippen LogP) is 1.03. The maximum absolute atomic E-state index is 3.51. The van der Waals surface area contributed by atoms with Gasteiger partial charge in [0.25, 0.3) is 0 Å². The van der Waals surface area contributed by atoms with Gasteiger partial charge >= 0.3 is 0 Å². The van der Waals surface area contributed by atoms with E-state index < -0.39 is 0 Å². The standard InChI is InChI=1S/C7H9N/c1-2-6-4(1)5-3-7(5)8-6/h5,7-8H,1-3H2.